The molecule has 2 atom stereocenters. The van der Waals surface area contributed by atoms with Gasteiger partial charge in [-0.05, 0) is 37.0 Å². The zero-order valence-corrected chi connectivity index (χ0v) is 18.3. The van der Waals surface area contributed by atoms with Crippen LogP contribution >= 0.6 is 11.3 Å². The van der Waals surface area contributed by atoms with Gasteiger partial charge in [0.15, 0.2) is 5.13 Å². The fourth-order valence-electron chi connectivity index (χ4n) is 4.43. The van der Waals surface area contributed by atoms with Gasteiger partial charge < -0.3 is 0 Å². The molecule has 0 bridgehead atoms. The van der Waals surface area contributed by atoms with E-state index >= 15 is 0 Å². The lowest BCUT2D eigenvalue weighted by Crippen LogP contribution is -2.44. The lowest BCUT2D eigenvalue weighted by atomic mass is 9.85. The average molecular weight is 446 g/mol. The largest absolute Gasteiger partial charge is 0.286 e. The Morgan fingerprint density at radius 2 is 1.62 bits per heavy atom. The number of fused-ring (bicyclic) bond motifs is 2. The third-order valence-electron chi connectivity index (χ3n) is 6.17. The Hall–Kier alpha value is -3.32. The molecular weight excluding hydrogens is 422 g/mol. The summed E-state index contributed by atoms with van der Waals surface area (Å²) in [6.07, 6.45) is 5.68. The monoisotopic (exact) mass is 445 g/mol. The number of carbonyl (C=O) groups excluding carboxylic acids is 3. The zero-order chi connectivity index (χ0) is 22.1. The first-order valence-electron chi connectivity index (χ1n) is 10.8. The highest BCUT2D eigenvalue weighted by atomic mass is 32.1. The summed E-state index contributed by atoms with van der Waals surface area (Å²) < 4.78 is 0.991. The molecule has 162 valence electrons. The van der Waals surface area contributed by atoms with Gasteiger partial charge in [0.2, 0.25) is 17.7 Å². The lowest BCUT2D eigenvalue weighted by Gasteiger charge is -2.23. The lowest BCUT2D eigenvalue weighted by molar-refractivity contribution is -0.143. The predicted molar refractivity (Wildman–Crippen MR) is 124 cm³/mol. The van der Waals surface area contributed by atoms with Gasteiger partial charge in [0.1, 0.15) is 6.54 Å². The highest BCUT2D eigenvalue weighted by molar-refractivity contribution is 7.22. The smallest absolute Gasteiger partial charge is 0.248 e. The molecule has 6 nitrogen and oxygen atoms in total. The van der Waals surface area contributed by atoms with Crippen LogP contribution in [0.4, 0.5) is 5.13 Å². The van der Waals surface area contributed by atoms with Crippen molar-refractivity contribution in [1.29, 1.82) is 0 Å². The number of carbonyl (C=O) groups is 3. The van der Waals surface area contributed by atoms with Gasteiger partial charge in [-0.1, -0.05) is 66.0 Å². The maximum Gasteiger partial charge on any atom is 0.248 e. The highest BCUT2D eigenvalue weighted by Crippen LogP contribution is 2.35. The molecule has 3 aromatic rings. The summed E-state index contributed by atoms with van der Waals surface area (Å²) in [5.41, 5.74) is 1.94. The number of benzene rings is 2. The summed E-state index contributed by atoms with van der Waals surface area (Å²) in [5, 5.41) is 0.588. The van der Waals surface area contributed by atoms with Crippen LogP contribution in [0.25, 0.3) is 10.2 Å². The molecule has 7 heteroatoms. The molecule has 32 heavy (non-hydrogen) atoms. The third kappa shape index (κ3) is 3.84. The molecule has 0 N–H and O–H groups in total. The van der Waals surface area contributed by atoms with Crippen molar-refractivity contribution in [3.8, 4) is 0 Å². The van der Waals surface area contributed by atoms with Gasteiger partial charge in [-0.2, -0.15) is 0 Å². The van der Waals surface area contributed by atoms with Gasteiger partial charge in [0.25, 0.3) is 0 Å². The van der Waals surface area contributed by atoms with Crippen LogP contribution in [0.15, 0.2) is 66.7 Å². The fraction of sp³-hybridized carbons (Fsp3) is 0.280. The standard InChI is InChI=1S/C25H23N3O3S/c29-22(16-28-23(30)18-10-4-5-11-19(18)24(28)31)27(15-14-17-8-2-1-3-9-17)25-26-20-12-6-7-13-21(20)32-25/h1-9,12-13,18-19H,10-11,14-16H2/t18-,19+. The van der Waals surface area contributed by atoms with Crippen molar-refractivity contribution in [3.05, 3.63) is 72.3 Å². The summed E-state index contributed by atoms with van der Waals surface area (Å²) >= 11 is 1.44. The molecule has 1 fully saturated rings. The number of hydrogen-bond acceptors (Lipinski definition) is 5. The molecule has 2 aromatic carbocycles. The van der Waals surface area contributed by atoms with Gasteiger partial charge in [0, 0.05) is 6.54 Å². The first-order chi connectivity index (χ1) is 15.6. The van der Waals surface area contributed by atoms with Crippen molar-refractivity contribution in [2.24, 2.45) is 11.8 Å². The van der Waals surface area contributed by atoms with E-state index in [4.69, 9.17) is 0 Å². The normalized spacial score (nSPS) is 20.1. The number of imide groups is 1. The van der Waals surface area contributed by atoms with Crippen molar-refractivity contribution in [3.63, 3.8) is 0 Å². The molecule has 0 spiro atoms. The zero-order valence-electron chi connectivity index (χ0n) is 17.5. The molecule has 0 saturated carbocycles. The molecule has 0 radical (unpaired) electrons. The van der Waals surface area contributed by atoms with Gasteiger partial charge >= 0.3 is 0 Å². The van der Waals surface area contributed by atoms with Crippen LogP contribution in [-0.4, -0.2) is 40.7 Å². The number of hydrogen-bond donors (Lipinski definition) is 0. The number of anilines is 1. The number of thiazole rings is 1. The topological polar surface area (TPSA) is 70.6 Å². The van der Waals surface area contributed by atoms with E-state index in [1.807, 2.05) is 66.7 Å². The number of allylic oxidation sites excluding steroid dienone is 2. The van der Waals surface area contributed by atoms with Crippen LogP contribution in [0.1, 0.15) is 18.4 Å². The molecule has 5 rings (SSSR count). The SMILES string of the molecule is O=C1[C@H]2CC=CC[C@H]2C(=O)N1CC(=O)N(CCc1ccccc1)c1nc2ccccc2s1. The molecule has 2 aliphatic rings. The summed E-state index contributed by atoms with van der Waals surface area (Å²) in [7, 11) is 0. The number of nitrogens with zero attached hydrogens (tertiary/aromatic N) is 3. The number of rotatable bonds is 6. The Kier molecular flexibility index (Phi) is 5.57. The Labute approximate surface area is 190 Å². The Morgan fingerprint density at radius 3 is 2.31 bits per heavy atom. The number of aromatic nitrogens is 1. The van der Waals surface area contributed by atoms with Crippen LogP contribution in [0.2, 0.25) is 0 Å². The maximum atomic E-state index is 13.4. The molecule has 1 saturated heterocycles. The van der Waals surface area contributed by atoms with E-state index < -0.39 is 0 Å². The van der Waals surface area contributed by atoms with Crippen molar-refractivity contribution >= 4 is 44.4 Å². The summed E-state index contributed by atoms with van der Waals surface area (Å²) in [6.45, 7) is 0.183. The van der Waals surface area contributed by atoms with Crippen molar-refractivity contribution < 1.29 is 14.4 Å². The van der Waals surface area contributed by atoms with Crippen molar-refractivity contribution in [1.82, 2.24) is 9.88 Å². The fourth-order valence-corrected chi connectivity index (χ4v) is 5.44. The van der Waals surface area contributed by atoms with E-state index in [1.54, 1.807) is 4.90 Å². The number of para-hydroxylation sites is 1. The van der Waals surface area contributed by atoms with Gasteiger partial charge in [-0.15, -0.1) is 0 Å². The van der Waals surface area contributed by atoms with E-state index in [1.165, 1.54) is 11.3 Å². The Morgan fingerprint density at radius 1 is 0.969 bits per heavy atom. The second-order valence-electron chi connectivity index (χ2n) is 8.16. The highest BCUT2D eigenvalue weighted by Gasteiger charge is 2.48. The minimum Gasteiger partial charge on any atom is -0.286 e. The van der Waals surface area contributed by atoms with Crippen LogP contribution in [0.3, 0.4) is 0 Å². The van der Waals surface area contributed by atoms with E-state index in [9.17, 15) is 14.4 Å². The molecule has 0 unspecified atom stereocenters. The van der Waals surface area contributed by atoms with E-state index in [-0.39, 0.29) is 36.1 Å². The maximum absolute atomic E-state index is 13.4. The Balaban J connectivity index is 1.39. The third-order valence-corrected chi connectivity index (χ3v) is 7.23. The second kappa shape index (κ2) is 8.67. The quantitative estimate of drug-likeness (QED) is 0.427. The number of amides is 3. The number of likely N-dealkylation sites (tertiary alicyclic amines) is 1. The minimum absolute atomic E-state index is 0.231. The van der Waals surface area contributed by atoms with Crippen LogP contribution < -0.4 is 4.90 Å². The van der Waals surface area contributed by atoms with Crippen LogP contribution in [0, 0.1) is 11.8 Å². The van der Waals surface area contributed by atoms with Crippen molar-refractivity contribution in [2.75, 3.05) is 18.0 Å². The van der Waals surface area contributed by atoms with Gasteiger partial charge in [-0.3, -0.25) is 24.2 Å². The predicted octanol–water partition coefficient (Wildman–Crippen LogP) is 3.82. The molecule has 1 aromatic heterocycles. The second-order valence-corrected chi connectivity index (χ2v) is 9.17. The summed E-state index contributed by atoms with van der Waals surface area (Å²) in [4.78, 5) is 46.6. The molecule has 1 aliphatic heterocycles. The van der Waals surface area contributed by atoms with Crippen LogP contribution in [0.5, 0.6) is 0 Å². The minimum atomic E-state index is -0.333. The Bertz CT molecular complexity index is 1140. The molecular formula is C25H23N3O3S. The van der Waals surface area contributed by atoms with Crippen molar-refractivity contribution in [2.45, 2.75) is 19.3 Å². The first-order valence-corrected chi connectivity index (χ1v) is 11.6. The van der Waals surface area contributed by atoms with Gasteiger partial charge in [-0.25, -0.2) is 4.98 Å². The molecule has 1 aliphatic carbocycles. The van der Waals surface area contributed by atoms with E-state index in [2.05, 4.69) is 4.98 Å². The van der Waals surface area contributed by atoms with Gasteiger partial charge in [0.05, 0.1) is 22.1 Å². The summed E-state index contributed by atoms with van der Waals surface area (Å²) in [5.74, 6) is -1.41. The molecule has 2 heterocycles. The first kappa shape index (κ1) is 20.6. The van der Waals surface area contributed by atoms with E-state index in [0.29, 0.717) is 30.9 Å². The molecule has 3 amide bonds. The average Bonchev–Trinajstić information content (AvgIpc) is 3.35. The van der Waals surface area contributed by atoms with E-state index in [0.717, 1.165) is 20.7 Å². The summed E-state index contributed by atoms with van der Waals surface area (Å²) in [6, 6.07) is 17.7. The van der Waals surface area contributed by atoms with Crippen LogP contribution in [-0.2, 0) is 20.8 Å².